The molecule has 0 aliphatic carbocycles. The summed E-state index contributed by atoms with van der Waals surface area (Å²) in [5.74, 6) is 0.769. The molecule has 0 bridgehead atoms. The van der Waals surface area contributed by atoms with Crippen LogP contribution in [0.4, 0.5) is 17.3 Å². The molecule has 0 spiro atoms. The summed E-state index contributed by atoms with van der Waals surface area (Å²) in [7, 11) is 3.39. The average Bonchev–Trinajstić information content (AvgIpc) is 3.27. The Balaban J connectivity index is 1.66. The molecule has 3 aromatic heterocycles. The molecule has 3 heterocycles. The van der Waals surface area contributed by atoms with Crippen molar-refractivity contribution in [3.63, 3.8) is 0 Å². The average molecular weight is 378 g/mol. The molecule has 0 atom stereocenters. The third-order valence-electron chi connectivity index (χ3n) is 4.02. The maximum Gasteiger partial charge on any atom is 0.247 e. The van der Waals surface area contributed by atoms with Gasteiger partial charge >= 0.3 is 0 Å². The van der Waals surface area contributed by atoms with E-state index in [-0.39, 0.29) is 5.91 Å². The van der Waals surface area contributed by atoms with Crippen molar-refractivity contribution in [1.82, 2.24) is 29.4 Å². The number of rotatable bonds is 5. The maximum atomic E-state index is 11.3. The lowest BCUT2D eigenvalue weighted by Crippen LogP contribution is -2.07. The molecule has 0 aliphatic heterocycles. The van der Waals surface area contributed by atoms with Gasteiger partial charge in [0.05, 0.1) is 37.1 Å². The number of nitrogens with zero attached hydrogens (tertiary/aromatic N) is 6. The first-order valence-electron chi connectivity index (χ1n) is 8.46. The number of carbonyl (C=O) groups is 1. The first kappa shape index (κ1) is 17.5. The topological polar surface area (TPSA) is 111 Å². The normalized spacial score (nSPS) is 10.8. The second kappa shape index (κ2) is 6.99. The summed E-state index contributed by atoms with van der Waals surface area (Å²) in [5, 5.41) is 14.6. The Bertz CT molecular complexity index is 1160. The zero-order chi connectivity index (χ0) is 19.7. The molecule has 28 heavy (non-hydrogen) atoms. The van der Waals surface area contributed by atoms with E-state index in [4.69, 9.17) is 4.74 Å². The van der Waals surface area contributed by atoms with Crippen molar-refractivity contribution >= 4 is 28.9 Å². The summed E-state index contributed by atoms with van der Waals surface area (Å²) in [6, 6.07) is 5.32. The molecule has 1 amide bonds. The van der Waals surface area contributed by atoms with E-state index in [2.05, 4.69) is 30.8 Å². The highest BCUT2D eigenvalue weighted by atomic mass is 16.5. The largest absolute Gasteiger partial charge is 0.494 e. The minimum Gasteiger partial charge on any atom is -0.494 e. The van der Waals surface area contributed by atoms with Crippen LogP contribution in [0.2, 0.25) is 0 Å². The standard InChI is InChI=1S/C18H18N8O2/c1-11(27)21-14-5-4-13(6-16(14)28-3)22-18-23-17-9-19-8-15(26(17)24-18)12-7-20-25(2)10-12/h4-10H,1-3H3,(H,21,27)(H,22,24). The van der Waals surface area contributed by atoms with Gasteiger partial charge in [-0.25, -0.2) is 4.52 Å². The van der Waals surface area contributed by atoms with E-state index in [1.807, 2.05) is 13.2 Å². The molecule has 0 saturated carbocycles. The van der Waals surface area contributed by atoms with E-state index < -0.39 is 0 Å². The van der Waals surface area contributed by atoms with Crippen LogP contribution in [-0.4, -0.2) is 42.4 Å². The van der Waals surface area contributed by atoms with Crippen LogP contribution in [0.1, 0.15) is 6.92 Å². The lowest BCUT2D eigenvalue weighted by molar-refractivity contribution is -0.114. The van der Waals surface area contributed by atoms with Gasteiger partial charge in [0.15, 0.2) is 5.65 Å². The second-order valence-corrected chi connectivity index (χ2v) is 6.12. The van der Waals surface area contributed by atoms with Gasteiger partial charge in [-0.2, -0.15) is 10.1 Å². The molecule has 0 fully saturated rings. The van der Waals surface area contributed by atoms with Gasteiger partial charge in [-0.05, 0) is 12.1 Å². The number of hydrogen-bond donors (Lipinski definition) is 2. The fourth-order valence-electron chi connectivity index (χ4n) is 2.81. The Labute approximate surface area is 160 Å². The van der Waals surface area contributed by atoms with Gasteiger partial charge in [0.1, 0.15) is 5.75 Å². The number of hydrogen-bond acceptors (Lipinski definition) is 7. The van der Waals surface area contributed by atoms with Crippen LogP contribution in [0, 0.1) is 0 Å². The van der Waals surface area contributed by atoms with Gasteiger partial charge in [0, 0.05) is 37.5 Å². The molecule has 0 saturated heterocycles. The summed E-state index contributed by atoms with van der Waals surface area (Å²) in [6.45, 7) is 1.44. The van der Waals surface area contributed by atoms with E-state index in [0.29, 0.717) is 23.0 Å². The predicted molar refractivity (Wildman–Crippen MR) is 104 cm³/mol. The number of nitrogens with one attached hydrogen (secondary N) is 2. The molecule has 1 aromatic carbocycles. The highest BCUT2D eigenvalue weighted by Gasteiger charge is 2.12. The Hall–Kier alpha value is -3.95. The predicted octanol–water partition coefficient (Wildman–Crippen LogP) is 2.24. The number of methoxy groups -OCH3 is 1. The molecule has 10 heteroatoms. The van der Waals surface area contributed by atoms with Crippen LogP contribution in [0.25, 0.3) is 16.9 Å². The number of ether oxygens (including phenoxy) is 1. The van der Waals surface area contributed by atoms with Crippen LogP contribution in [0.5, 0.6) is 5.75 Å². The fourth-order valence-corrected chi connectivity index (χ4v) is 2.81. The van der Waals surface area contributed by atoms with Crippen LogP contribution < -0.4 is 15.4 Å². The zero-order valence-corrected chi connectivity index (χ0v) is 15.5. The number of amides is 1. The molecule has 4 rings (SSSR count). The summed E-state index contributed by atoms with van der Waals surface area (Å²) in [6.07, 6.45) is 6.99. The molecular formula is C18H18N8O2. The number of benzene rings is 1. The summed E-state index contributed by atoms with van der Waals surface area (Å²) in [5.41, 5.74) is 3.58. The first-order chi connectivity index (χ1) is 13.5. The van der Waals surface area contributed by atoms with Crippen molar-refractivity contribution in [2.75, 3.05) is 17.7 Å². The summed E-state index contributed by atoms with van der Waals surface area (Å²) < 4.78 is 8.76. The highest BCUT2D eigenvalue weighted by Crippen LogP contribution is 2.29. The van der Waals surface area contributed by atoms with Crippen molar-refractivity contribution in [1.29, 1.82) is 0 Å². The molecule has 0 unspecified atom stereocenters. The number of carbonyl (C=O) groups excluding carboxylic acids is 1. The molecule has 142 valence electrons. The summed E-state index contributed by atoms with van der Waals surface area (Å²) >= 11 is 0. The van der Waals surface area contributed by atoms with Crippen molar-refractivity contribution in [2.24, 2.45) is 7.05 Å². The lowest BCUT2D eigenvalue weighted by atomic mass is 10.2. The maximum absolute atomic E-state index is 11.3. The van der Waals surface area contributed by atoms with Gasteiger partial charge in [-0.3, -0.25) is 14.5 Å². The molecule has 10 nitrogen and oxygen atoms in total. The fraction of sp³-hybridized carbons (Fsp3) is 0.167. The number of aryl methyl sites for hydroxylation is 1. The number of anilines is 3. The SMILES string of the molecule is COc1cc(Nc2nc3cncc(-c4cnn(C)c4)n3n2)ccc1NC(C)=O. The third-order valence-corrected chi connectivity index (χ3v) is 4.02. The van der Waals surface area contributed by atoms with Crippen LogP contribution in [-0.2, 0) is 11.8 Å². The zero-order valence-electron chi connectivity index (χ0n) is 15.5. The van der Waals surface area contributed by atoms with Gasteiger partial charge in [0.25, 0.3) is 0 Å². The van der Waals surface area contributed by atoms with Gasteiger partial charge in [-0.15, -0.1) is 5.10 Å². The van der Waals surface area contributed by atoms with Crippen LogP contribution >= 0.6 is 0 Å². The minimum atomic E-state index is -0.170. The van der Waals surface area contributed by atoms with E-state index in [1.54, 1.807) is 53.1 Å². The van der Waals surface area contributed by atoms with Gasteiger partial charge in [-0.1, -0.05) is 0 Å². The molecule has 0 radical (unpaired) electrons. The molecule has 2 N–H and O–H groups in total. The molecular weight excluding hydrogens is 360 g/mol. The van der Waals surface area contributed by atoms with Gasteiger partial charge < -0.3 is 15.4 Å². The quantitative estimate of drug-likeness (QED) is 0.548. The highest BCUT2D eigenvalue weighted by molar-refractivity contribution is 5.90. The van der Waals surface area contributed by atoms with E-state index >= 15 is 0 Å². The van der Waals surface area contributed by atoms with Crippen LogP contribution in [0.3, 0.4) is 0 Å². The minimum absolute atomic E-state index is 0.170. The van der Waals surface area contributed by atoms with E-state index in [0.717, 1.165) is 16.9 Å². The smallest absolute Gasteiger partial charge is 0.247 e. The third kappa shape index (κ3) is 3.34. The van der Waals surface area contributed by atoms with Crippen LogP contribution in [0.15, 0.2) is 43.0 Å². The van der Waals surface area contributed by atoms with Crippen molar-refractivity contribution in [3.05, 3.63) is 43.0 Å². The number of fused-ring (bicyclic) bond motifs is 1. The van der Waals surface area contributed by atoms with Gasteiger partial charge in [0.2, 0.25) is 11.9 Å². The van der Waals surface area contributed by atoms with Crippen molar-refractivity contribution < 1.29 is 9.53 Å². The Morgan fingerprint density at radius 1 is 1.21 bits per heavy atom. The lowest BCUT2D eigenvalue weighted by Gasteiger charge is -2.11. The molecule has 0 aliphatic rings. The Morgan fingerprint density at radius 2 is 2.07 bits per heavy atom. The van der Waals surface area contributed by atoms with Crippen molar-refractivity contribution in [3.8, 4) is 17.0 Å². The van der Waals surface area contributed by atoms with E-state index in [1.165, 1.54) is 6.92 Å². The monoisotopic (exact) mass is 378 g/mol. The summed E-state index contributed by atoms with van der Waals surface area (Å²) in [4.78, 5) is 20.0. The Kier molecular flexibility index (Phi) is 4.36. The van der Waals surface area contributed by atoms with E-state index in [9.17, 15) is 4.79 Å². The van der Waals surface area contributed by atoms with Crippen molar-refractivity contribution in [2.45, 2.75) is 6.92 Å². The Morgan fingerprint density at radius 3 is 2.79 bits per heavy atom. The number of aromatic nitrogens is 6. The first-order valence-corrected chi connectivity index (χ1v) is 8.46. The molecule has 4 aromatic rings. The second-order valence-electron chi connectivity index (χ2n) is 6.12.